The van der Waals surface area contributed by atoms with Crippen LogP contribution >= 0.6 is 0 Å². The number of nitrogens with zero attached hydrogens (tertiary/aromatic N) is 2. The van der Waals surface area contributed by atoms with Crippen LogP contribution in [0.5, 0.6) is 34.6 Å². The third kappa shape index (κ3) is 12.4. The fraction of sp³-hybridized carbons (Fsp3) is 0.500. The first-order valence-corrected chi connectivity index (χ1v) is 18.4. The monoisotopic (exact) mass is 768 g/mol. The average Bonchev–Trinajstić information content (AvgIpc) is 3.10. The smallest absolute Gasteiger partial charge is 0.233 e. The van der Waals surface area contributed by atoms with Gasteiger partial charge in [0.05, 0.1) is 19.9 Å². The minimum atomic E-state index is -0.655. The van der Waals surface area contributed by atoms with E-state index in [0.29, 0.717) is 43.6 Å². The maximum Gasteiger partial charge on any atom is 0.233 e. The van der Waals surface area contributed by atoms with E-state index in [1.54, 1.807) is 13.2 Å². The molecule has 0 atom stereocenters. The number of rotatable bonds is 2. The summed E-state index contributed by atoms with van der Waals surface area (Å²) in [6.07, 6.45) is 0. The van der Waals surface area contributed by atoms with Gasteiger partial charge in [0, 0.05) is 34.2 Å². The van der Waals surface area contributed by atoms with E-state index in [-0.39, 0.29) is 39.0 Å². The predicted molar refractivity (Wildman–Crippen MR) is 211 cm³/mol. The van der Waals surface area contributed by atoms with Crippen LogP contribution in [0.3, 0.4) is 0 Å². The Hall–Kier alpha value is -4.67. The molecule has 302 valence electrons. The summed E-state index contributed by atoms with van der Waals surface area (Å²) < 4.78 is 71.5. The zero-order valence-electron chi connectivity index (χ0n) is 35.0. The molecule has 0 aliphatic carbocycles. The van der Waals surface area contributed by atoms with E-state index in [2.05, 4.69) is 78.6 Å². The first-order chi connectivity index (χ1) is 25.5. The van der Waals surface area contributed by atoms with Crippen molar-refractivity contribution < 1.29 is 41.6 Å². The van der Waals surface area contributed by atoms with Crippen molar-refractivity contribution in [3.8, 4) is 34.6 Å². The third-order valence-electron chi connectivity index (χ3n) is 8.46. The average molecular weight is 769 g/mol. The third-order valence-corrected chi connectivity index (χ3v) is 8.46. The van der Waals surface area contributed by atoms with Crippen LogP contribution in [0.1, 0.15) is 105 Å². The molecule has 0 radical (unpaired) electrons. The van der Waals surface area contributed by atoms with Gasteiger partial charge in [0.15, 0.2) is 40.4 Å². The van der Waals surface area contributed by atoms with Gasteiger partial charge in [-0.3, -0.25) is 0 Å². The van der Waals surface area contributed by atoms with E-state index in [0.717, 1.165) is 28.8 Å². The number of benzene rings is 3. The van der Waals surface area contributed by atoms with E-state index >= 15 is 0 Å². The Morgan fingerprint density at radius 3 is 1.56 bits per heavy atom. The zero-order chi connectivity index (χ0) is 41.4. The van der Waals surface area contributed by atoms with Gasteiger partial charge in [0.25, 0.3) is 0 Å². The molecule has 11 heteroatoms. The number of hydrogen-bond donors (Lipinski definition) is 0. The minimum absolute atomic E-state index is 0.0548. The highest BCUT2D eigenvalue weighted by Gasteiger charge is 2.27. The zero-order valence-corrected chi connectivity index (χ0v) is 35.0. The van der Waals surface area contributed by atoms with Crippen LogP contribution in [-0.2, 0) is 21.7 Å². The second-order valence-corrected chi connectivity index (χ2v) is 17.2. The van der Waals surface area contributed by atoms with Crippen molar-refractivity contribution in [2.24, 2.45) is 0 Å². The summed E-state index contributed by atoms with van der Waals surface area (Å²) in [5, 5.41) is 7.94. The molecular formula is C44H59F3N2O6. The Morgan fingerprint density at radius 1 is 0.509 bits per heavy atom. The van der Waals surface area contributed by atoms with Gasteiger partial charge in [-0.15, -0.1) is 5.10 Å². The molecule has 6 rings (SSSR count). The number of ether oxygens (including phenoxy) is 6. The second kappa shape index (κ2) is 18.3. The first-order valence-electron chi connectivity index (χ1n) is 18.4. The maximum absolute atomic E-state index is 13.4. The van der Waals surface area contributed by atoms with Gasteiger partial charge in [0.1, 0.15) is 32.2 Å². The van der Waals surface area contributed by atoms with Crippen LogP contribution in [0.15, 0.2) is 54.6 Å². The molecule has 0 saturated heterocycles. The van der Waals surface area contributed by atoms with Crippen molar-refractivity contribution in [1.29, 1.82) is 0 Å². The lowest BCUT2D eigenvalue weighted by Gasteiger charge is -2.27. The van der Waals surface area contributed by atoms with E-state index in [1.165, 1.54) is 24.8 Å². The molecule has 0 spiro atoms. The maximum atomic E-state index is 13.4. The fourth-order valence-corrected chi connectivity index (χ4v) is 5.51. The molecule has 3 aromatic carbocycles. The first kappa shape index (κ1) is 44.7. The van der Waals surface area contributed by atoms with Crippen LogP contribution in [0.4, 0.5) is 13.2 Å². The van der Waals surface area contributed by atoms with Crippen molar-refractivity contribution in [3.63, 3.8) is 0 Å². The van der Waals surface area contributed by atoms with Gasteiger partial charge in [-0.05, 0) is 40.5 Å². The molecule has 0 unspecified atom stereocenters. The van der Waals surface area contributed by atoms with Crippen LogP contribution in [-0.4, -0.2) is 50.8 Å². The highest BCUT2D eigenvalue weighted by atomic mass is 19.1. The molecule has 3 heterocycles. The van der Waals surface area contributed by atoms with Crippen LogP contribution < -0.4 is 28.4 Å². The number of para-hydroxylation sites is 1. The van der Waals surface area contributed by atoms with Crippen LogP contribution in [0, 0.1) is 17.5 Å². The molecule has 0 fully saturated rings. The fourth-order valence-electron chi connectivity index (χ4n) is 5.51. The van der Waals surface area contributed by atoms with Crippen LogP contribution in [0.25, 0.3) is 0 Å². The summed E-state index contributed by atoms with van der Waals surface area (Å²) in [7, 11) is 2.96. The van der Waals surface area contributed by atoms with Crippen molar-refractivity contribution >= 4 is 0 Å². The van der Waals surface area contributed by atoms with Gasteiger partial charge in [-0.2, -0.15) is 5.10 Å². The molecule has 0 bridgehead atoms. The number of aromatic nitrogens is 2. The molecule has 2 aliphatic rings. The van der Waals surface area contributed by atoms with Gasteiger partial charge in [-0.1, -0.05) is 101 Å². The van der Waals surface area contributed by atoms with Crippen molar-refractivity contribution in [1.82, 2.24) is 10.2 Å². The standard InChI is InChI=1S/C12H15FO2.C12H16O2.C11H14F2O.C9H14N2O/c1-12(2,3)8-4-5-9(13)11-10(8)14-6-7-15-11;1-12(2,3)9-5-4-6-10-11(9)14-8-7-13-10;1-11(2,3)8-5-7(12)6-9(13)10(8)14-4;1-9(2,3)7-5-6-8(12-4)11-10-7/h4-5H,6-7H2,1-3H3;4-6H,7-8H2,1-3H3;5-6H,1-4H3;5-6H,1-4H3. The van der Waals surface area contributed by atoms with Crippen molar-refractivity contribution in [2.45, 2.75) is 105 Å². The van der Waals surface area contributed by atoms with Crippen molar-refractivity contribution in [2.75, 3.05) is 40.6 Å². The van der Waals surface area contributed by atoms with E-state index < -0.39 is 11.6 Å². The molecule has 2 aliphatic heterocycles. The Morgan fingerprint density at radius 2 is 1.05 bits per heavy atom. The Bertz CT molecular complexity index is 1850. The van der Waals surface area contributed by atoms with E-state index in [9.17, 15) is 13.2 Å². The molecule has 0 amide bonds. The van der Waals surface area contributed by atoms with Gasteiger partial charge in [-0.25, -0.2) is 13.2 Å². The lowest BCUT2D eigenvalue weighted by Crippen LogP contribution is -2.21. The summed E-state index contributed by atoms with van der Waals surface area (Å²) in [6.45, 7) is 26.9. The van der Waals surface area contributed by atoms with Gasteiger partial charge in [0.2, 0.25) is 5.88 Å². The Labute approximate surface area is 325 Å². The molecule has 0 N–H and O–H groups in total. The SMILES string of the molecule is CC(C)(C)c1ccc(F)c2c1OCCO2.CC(C)(C)c1cccc2c1OCCO2.COc1c(F)cc(F)cc1C(C)(C)C.COc1ccc(C(C)(C)C)nn1. The van der Waals surface area contributed by atoms with Gasteiger partial charge < -0.3 is 28.4 Å². The highest BCUT2D eigenvalue weighted by molar-refractivity contribution is 5.51. The number of hydrogen-bond acceptors (Lipinski definition) is 8. The lowest BCUT2D eigenvalue weighted by atomic mass is 9.86. The lowest BCUT2D eigenvalue weighted by molar-refractivity contribution is 0.161. The highest BCUT2D eigenvalue weighted by Crippen LogP contribution is 2.42. The molecule has 4 aromatic rings. The molecule has 0 saturated carbocycles. The van der Waals surface area contributed by atoms with E-state index in [1.807, 2.05) is 45.0 Å². The topological polar surface area (TPSA) is 81.2 Å². The normalized spacial score (nSPS) is 13.5. The molecular weight excluding hydrogens is 709 g/mol. The number of halogens is 3. The van der Waals surface area contributed by atoms with E-state index in [4.69, 9.17) is 28.4 Å². The predicted octanol–water partition coefficient (Wildman–Crippen LogP) is 10.7. The summed E-state index contributed by atoms with van der Waals surface area (Å²) >= 11 is 0. The van der Waals surface area contributed by atoms with Gasteiger partial charge >= 0.3 is 0 Å². The summed E-state index contributed by atoms with van der Waals surface area (Å²) in [6, 6.07) is 15.2. The quantitative estimate of drug-likeness (QED) is 0.199. The van der Waals surface area contributed by atoms with Crippen LogP contribution in [0.2, 0.25) is 0 Å². The number of fused-ring (bicyclic) bond motifs is 2. The van der Waals surface area contributed by atoms with Crippen molar-refractivity contribution in [3.05, 3.63) is 94.4 Å². The Balaban J connectivity index is 0.000000198. The summed E-state index contributed by atoms with van der Waals surface area (Å²) in [5.41, 5.74) is 3.46. The number of methoxy groups -OCH3 is 2. The molecule has 55 heavy (non-hydrogen) atoms. The minimum Gasteiger partial charge on any atom is -0.493 e. The molecule has 8 nitrogen and oxygen atoms in total. The Kier molecular flexibility index (Phi) is 14.9. The summed E-state index contributed by atoms with van der Waals surface area (Å²) in [4.78, 5) is 0. The second-order valence-electron chi connectivity index (χ2n) is 17.2. The summed E-state index contributed by atoms with van der Waals surface area (Å²) in [5.74, 6) is 1.72. The molecule has 1 aromatic heterocycles. The largest absolute Gasteiger partial charge is 0.493 e.